The molecule has 0 spiro atoms. The standard InChI is InChI=1S/C19H20N4O4S/c1-11-14(6-7-25-11)17-21-22-19(23(17)3)28-12(2)18(24)20-13-4-5-15-16(10-13)27-9-8-26-15/h4-7,10,12H,8-9H2,1-3H3,(H,20,24). The van der Waals surface area contributed by atoms with E-state index in [-0.39, 0.29) is 11.2 Å². The van der Waals surface area contributed by atoms with Crippen molar-refractivity contribution in [2.75, 3.05) is 18.5 Å². The van der Waals surface area contributed by atoms with Crippen LogP contribution in [0, 0.1) is 6.92 Å². The Hall–Kier alpha value is -2.94. The number of carbonyl (C=O) groups is 1. The predicted molar refractivity (Wildman–Crippen MR) is 105 cm³/mol. The Kier molecular flexibility index (Phi) is 4.99. The fourth-order valence-electron chi connectivity index (χ4n) is 2.85. The van der Waals surface area contributed by atoms with Crippen LogP contribution in [-0.4, -0.2) is 39.1 Å². The molecule has 1 aromatic carbocycles. The van der Waals surface area contributed by atoms with E-state index in [1.165, 1.54) is 11.8 Å². The number of furan rings is 1. The van der Waals surface area contributed by atoms with Gasteiger partial charge in [-0.25, -0.2) is 0 Å². The number of aromatic nitrogens is 3. The molecule has 0 bridgehead atoms. The van der Waals surface area contributed by atoms with Crippen molar-refractivity contribution < 1.29 is 18.7 Å². The predicted octanol–water partition coefficient (Wildman–Crippen LogP) is 3.27. The molecule has 8 nitrogen and oxygen atoms in total. The largest absolute Gasteiger partial charge is 0.486 e. The molecule has 1 atom stereocenters. The van der Waals surface area contributed by atoms with Crippen molar-refractivity contribution in [3.8, 4) is 22.9 Å². The molecule has 146 valence electrons. The first-order chi connectivity index (χ1) is 13.5. The van der Waals surface area contributed by atoms with E-state index in [2.05, 4.69) is 15.5 Å². The highest BCUT2D eigenvalue weighted by molar-refractivity contribution is 8.00. The van der Waals surface area contributed by atoms with E-state index in [1.54, 1.807) is 24.5 Å². The van der Waals surface area contributed by atoms with Crippen molar-refractivity contribution >= 4 is 23.4 Å². The molecule has 0 radical (unpaired) electrons. The van der Waals surface area contributed by atoms with Crippen LogP contribution in [-0.2, 0) is 11.8 Å². The topological polar surface area (TPSA) is 91.4 Å². The van der Waals surface area contributed by atoms with Crippen LogP contribution in [0.1, 0.15) is 12.7 Å². The van der Waals surface area contributed by atoms with Gasteiger partial charge in [-0.2, -0.15) is 0 Å². The third-order valence-corrected chi connectivity index (χ3v) is 5.53. The zero-order chi connectivity index (χ0) is 19.7. The number of rotatable bonds is 5. The van der Waals surface area contributed by atoms with Gasteiger partial charge >= 0.3 is 0 Å². The Morgan fingerprint density at radius 1 is 1.21 bits per heavy atom. The Morgan fingerprint density at radius 3 is 2.75 bits per heavy atom. The van der Waals surface area contributed by atoms with Crippen molar-refractivity contribution in [1.82, 2.24) is 14.8 Å². The number of anilines is 1. The molecule has 1 N–H and O–H groups in total. The van der Waals surface area contributed by atoms with E-state index < -0.39 is 0 Å². The van der Waals surface area contributed by atoms with E-state index >= 15 is 0 Å². The van der Waals surface area contributed by atoms with Gasteiger partial charge in [-0.15, -0.1) is 10.2 Å². The molecule has 1 aliphatic heterocycles. The van der Waals surface area contributed by atoms with Gasteiger partial charge in [0, 0.05) is 18.8 Å². The molecule has 1 unspecified atom stereocenters. The second-order valence-electron chi connectivity index (χ2n) is 6.36. The first kappa shape index (κ1) is 18.4. The number of ether oxygens (including phenoxy) is 2. The van der Waals surface area contributed by atoms with Crippen LogP contribution >= 0.6 is 11.8 Å². The summed E-state index contributed by atoms with van der Waals surface area (Å²) in [5.74, 6) is 2.67. The van der Waals surface area contributed by atoms with Crippen molar-refractivity contribution in [2.24, 2.45) is 7.05 Å². The molecule has 3 aromatic rings. The summed E-state index contributed by atoms with van der Waals surface area (Å²) in [6, 6.07) is 7.21. The number of nitrogens with one attached hydrogen (secondary N) is 1. The van der Waals surface area contributed by atoms with Gasteiger partial charge < -0.3 is 23.8 Å². The molecule has 9 heteroatoms. The first-order valence-electron chi connectivity index (χ1n) is 8.84. The van der Waals surface area contributed by atoms with Gasteiger partial charge in [0.2, 0.25) is 5.91 Å². The minimum Gasteiger partial charge on any atom is -0.486 e. The van der Waals surface area contributed by atoms with E-state index in [0.29, 0.717) is 41.4 Å². The summed E-state index contributed by atoms with van der Waals surface area (Å²) in [4.78, 5) is 12.6. The first-order valence-corrected chi connectivity index (χ1v) is 9.72. The summed E-state index contributed by atoms with van der Waals surface area (Å²) >= 11 is 1.34. The average Bonchev–Trinajstić information content (AvgIpc) is 3.27. The lowest BCUT2D eigenvalue weighted by atomic mass is 10.2. The Balaban J connectivity index is 1.44. The highest BCUT2D eigenvalue weighted by Crippen LogP contribution is 2.33. The lowest BCUT2D eigenvalue weighted by Gasteiger charge is -2.19. The van der Waals surface area contributed by atoms with E-state index in [0.717, 1.165) is 11.3 Å². The zero-order valence-electron chi connectivity index (χ0n) is 15.8. The molecular formula is C19H20N4O4S. The fraction of sp³-hybridized carbons (Fsp3) is 0.316. The van der Waals surface area contributed by atoms with Crippen LogP contribution in [0.2, 0.25) is 0 Å². The fourth-order valence-corrected chi connectivity index (χ4v) is 3.66. The molecule has 0 aliphatic carbocycles. The second-order valence-corrected chi connectivity index (χ2v) is 7.67. The highest BCUT2D eigenvalue weighted by atomic mass is 32.2. The minimum atomic E-state index is -0.366. The van der Waals surface area contributed by atoms with Crippen LogP contribution in [0.5, 0.6) is 11.5 Å². The van der Waals surface area contributed by atoms with Crippen LogP contribution in [0.25, 0.3) is 11.4 Å². The Bertz CT molecular complexity index is 1010. The molecule has 28 heavy (non-hydrogen) atoms. The third-order valence-electron chi connectivity index (χ3n) is 4.40. The molecular weight excluding hydrogens is 380 g/mol. The van der Waals surface area contributed by atoms with Crippen LogP contribution < -0.4 is 14.8 Å². The lowest BCUT2D eigenvalue weighted by Crippen LogP contribution is -2.23. The number of hydrogen-bond acceptors (Lipinski definition) is 7. The van der Waals surface area contributed by atoms with Crippen LogP contribution in [0.4, 0.5) is 5.69 Å². The van der Waals surface area contributed by atoms with Gasteiger partial charge in [0.25, 0.3) is 0 Å². The van der Waals surface area contributed by atoms with Gasteiger partial charge in [-0.3, -0.25) is 4.79 Å². The smallest absolute Gasteiger partial charge is 0.237 e. The monoisotopic (exact) mass is 400 g/mol. The summed E-state index contributed by atoms with van der Waals surface area (Å²) < 4.78 is 18.2. The maximum atomic E-state index is 12.6. The SMILES string of the molecule is Cc1occc1-c1nnc(SC(C)C(=O)Nc2ccc3c(c2)OCCO3)n1C. The van der Waals surface area contributed by atoms with Gasteiger partial charge in [-0.1, -0.05) is 11.8 Å². The summed E-state index contributed by atoms with van der Waals surface area (Å²) in [6.07, 6.45) is 1.62. The molecule has 2 aromatic heterocycles. The number of benzene rings is 1. The number of aryl methyl sites for hydroxylation is 1. The van der Waals surface area contributed by atoms with Gasteiger partial charge in [0.1, 0.15) is 19.0 Å². The van der Waals surface area contributed by atoms with Gasteiger partial charge in [0.15, 0.2) is 22.5 Å². The molecule has 1 amide bonds. The number of thioether (sulfide) groups is 1. The maximum Gasteiger partial charge on any atom is 0.237 e. The van der Waals surface area contributed by atoms with Crippen molar-refractivity contribution in [3.63, 3.8) is 0 Å². The van der Waals surface area contributed by atoms with Crippen molar-refractivity contribution in [1.29, 1.82) is 0 Å². The third kappa shape index (κ3) is 3.57. The summed E-state index contributed by atoms with van der Waals surface area (Å²) in [5.41, 5.74) is 1.55. The van der Waals surface area contributed by atoms with Crippen LogP contribution in [0.15, 0.2) is 40.1 Å². The summed E-state index contributed by atoms with van der Waals surface area (Å²) in [5, 5.41) is 11.6. The highest BCUT2D eigenvalue weighted by Gasteiger charge is 2.21. The average molecular weight is 400 g/mol. The van der Waals surface area contributed by atoms with Gasteiger partial charge in [0.05, 0.1) is 17.1 Å². The Labute approximate surface area is 166 Å². The minimum absolute atomic E-state index is 0.134. The molecule has 1 aliphatic rings. The molecule has 0 saturated heterocycles. The van der Waals surface area contributed by atoms with Crippen molar-refractivity contribution in [2.45, 2.75) is 24.3 Å². The Morgan fingerprint density at radius 2 is 2.00 bits per heavy atom. The lowest BCUT2D eigenvalue weighted by molar-refractivity contribution is -0.115. The number of carbonyl (C=O) groups excluding carboxylic acids is 1. The zero-order valence-corrected chi connectivity index (χ0v) is 16.6. The normalized spacial score (nSPS) is 14.0. The van der Waals surface area contributed by atoms with Crippen molar-refractivity contribution in [3.05, 3.63) is 36.3 Å². The van der Waals surface area contributed by atoms with E-state index in [4.69, 9.17) is 13.9 Å². The van der Waals surface area contributed by atoms with E-state index in [9.17, 15) is 4.79 Å². The van der Waals surface area contributed by atoms with E-state index in [1.807, 2.05) is 31.5 Å². The number of amides is 1. The molecule has 0 fully saturated rings. The number of hydrogen-bond donors (Lipinski definition) is 1. The summed E-state index contributed by atoms with van der Waals surface area (Å²) in [6.45, 7) is 4.74. The quantitative estimate of drug-likeness (QED) is 0.657. The van der Waals surface area contributed by atoms with Crippen LogP contribution in [0.3, 0.4) is 0 Å². The number of nitrogens with zero attached hydrogens (tertiary/aromatic N) is 3. The molecule has 3 heterocycles. The summed E-state index contributed by atoms with van der Waals surface area (Å²) in [7, 11) is 1.87. The second kappa shape index (κ2) is 7.59. The maximum absolute atomic E-state index is 12.6. The number of fused-ring (bicyclic) bond motifs is 1. The van der Waals surface area contributed by atoms with Gasteiger partial charge in [-0.05, 0) is 32.0 Å². The molecule has 4 rings (SSSR count). The molecule has 0 saturated carbocycles.